The highest BCUT2D eigenvalue weighted by Gasteiger charge is 2.01. The van der Waals surface area contributed by atoms with Crippen molar-refractivity contribution >= 4 is 11.6 Å². The van der Waals surface area contributed by atoms with Gasteiger partial charge in [0, 0.05) is 0 Å². The minimum absolute atomic E-state index is 1.24. The molecule has 0 saturated heterocycles. The highest BCUT2D eigenvalue weighted by Crippen LogP contribution is 2.22. The molecule has 0 saturated carbocycles. The summed E-state index contributed by atoms with van der Waals surface area (Å²) in [6.07, 6.45) is 4.36. The van der Waals surface area contributed by atoms with Crippen LogP contribution >= 0.6 is 0 Å². The summed E-state index contributed by atoms with van der Waals surface area (Å²) in [5, 5.41) is 0. The van der Waals surface area contributed by atoms with Crippen LogP contribution in [0.15, 0.2) is 66.2 Å². The molecule has 0 atom stereocenters. The molecule has 0 aliphatic carbocycles. The number of allylic oxidation sites excluding steroid dienone is 3. The van der Waals surface area contributed by atoms with Crippen LogP contribution in [0.25, 0.3) is 11.6 Å². The van der Waals surface area contributed by atoms with E-state index in [0.29, 0.717) is 0 Å². The van der Waals surface area contributed by atoms with Gasteiger partial charge in [-0.25, -0.2) is 0 Å². The van der Waals surface area contributed by atoms with E-state index in [9.17, 15) is 0 Å². The lowest BCUT2D eigenvalue weighted by Gasteiger charge is -2.08. The van der Waals surface area contributed by atoms with Gasteiger partial charge in [0.1, 0.15) is 0 Å². The quantitative estimate of drug-likeness (QED) is 0.560. The number of benzene rings is 2. The largest absolute Gasteiger partial charge is 0.0683 e. The lowest BCUT2D eigenvalue weighted by Crippen LogP contribution is -1.87. The first-order valence-electron chi connectivity index (χ1n) is 7.65. The first-order chi connectivity index (χ1) is 10.2. The topological polar surface area (TPSA) is 0 Å². The fourth-order valence-electron chi connectivity index (χ4n) is 2.12. The Hall–Kier alpha value is -2.08. The first-order valence-corrected chi connectivity index (χ1v) is 7.65. The van der Waals surface area contributed by atoms with Gasteiger partial charge in [-0.15, -0.1) is 0 Å². The molecule has 0 aliphatic heterocycles. The summed E-state index contributed by atoms with van der Waals surface area (Å²) in [4.78, 5) is 0. The second-order valence-corrected chi connectivity index (χ2v) is 4.87. The highest BCUT2D eigenvalue weighted by molar-refractivity contribution is 5.72. The Bertz CT molecular complexity index is 601. The molecule has 0 unspecified atom stereocenters. The molecule has 0 heterocycles. The Kier molecular flexibility index (Phi) is 7.25. The Labute approximate surface area is 129 Å². The lowest BCUT2D eigenvalue weighted by molar-refractivity contribution is 1.38. The van der Waals surface area contributed by atoms with Gasteiger partial charge in [-0.3, -0.25) is 0 Å². The molecule has 2 rings (SSSR count). The van der Waals surface area contributed by atoms with Crippen LogP contribution in [0.3, 0.4) is 0 Å². The Morgan fingerprint density at radius 2 is 1.38 bits per heavy atom. The van der Waals surface area contributed by atoms with Crippen LogP contribution in [0, 0.1) is 6.92 Å². The van der Waals surface area contributed by atoms with Gasteiger partial charge >= 0.3 is 0 Å². The fraction of sp³-hybridized carbons (Fsp3) is 0.238. The van der Waals surface area contributed by atoms with E-state index in [0.717, 1.165) is 0 Å². The van der Waals surface area contributed by atoms with Crippen LogP contribution < -0.4 is 0 Å². The Morgan fingerprint density at radius 1 is 0.810 bits per heavy atom. The van der Waals surface area contributed by atoms with E-state index < -0.39 is 0 Å². The maximum atomic E-state index is 2.19. The molecule has 0 N–H and O–H groups in total. The average molecular weight is 278 g/mol. The van der Waals surface area contributed by atoms with E-state index in [4.69, 9.17) is 0 Å². The predicted molar refractivity (Wildman–Crippen MR) is 96.3 cm³/mol. The highest BCUT2D eigenvalue weighted by atomic mass is 14.1. The van der Waals surface area contributed by atoms with Crippen molar-refractivity contribution in [3.05, 3.63) is 82.9 Å². The molecule has 0 amide bonds. The van der Waals surface area contributed by atoms with Crippen molar-refractivity contribution in [2.24, 2.45) is 0 Å². The van der Waals surface area contributed by atoms with Gasteiger partial charge in [-0.2, -0.15) is 0 Å². The van der Waals surface area contributed by atoms with Gasteiger partial charge in [0.2, 0.25) is 0 Å². The maximum Gasteiger partial charge on any atom is -0.0195 e. The summed E-state index contributed by atoms with van der Waals surface area (Å²) < 4.78 is 0. The van der Waals surface area contributed by atoms with Gasteiger partial charge in [0.15, 0.2) is 0 Å². The zero-order chi connectivity index (χ0) is 15.7. The molecule has 21 heavy (non-hydrogen) atoms. The van der Waals surface area contributed by atoms with Crippen molar-refractivity contribution in [1.82, 2.24) is 0 Å². The van der Waals surface area contributed by atoms with Crippen LogP contribution in [-0.4, -0.2) is 0 Å². The number of hydrogen-bond donors (Lipinski definition) is 0. The molecule has 0 radical (unpaired) electrons. The van der Waals surface area contributed by atoms with E-state index >= 15 is 0 Å². The fourth-order valence-corrected chi connectivity index (χ4v) is 2.12. The molecule has 2 aromatic carbocycles. The lowest BCUT2D eigenvalue weighted by atomic mass is 9.97. The molecular weight excluding hydrogens is 252 g/mol. The molecule has 2 aromatic rings. The van der Waals surface area contributed by atoms with Gasteiger partial charge in [0.25, 0.3) is 0 Å². The molecule has 110 valence electrons. The van der Waals surface area contributed by atoms with E-state index in [1.54, 1.807) is 0 Å². The minimum Gasteiger partial charge on any atom is -0.0683 e. The van der Waals surface area contributed by atoms with E-state index in [1.807, 2.05) is 19.9 Å². The van der Waals surface area contributed by atoms with E-state index in [1.165, 1.54) is 27.8 Å². The Morgan fingerprint density at radius 3 is 2.00 bits per heavy atom. The van der Waals surface area contributed by atoms with Gasteiger partial charge in [-0.05, 0) is 48.6 Å². The molecule has 0 aliphatic rings. The van der Waals surface area contributed by atoms with Crippen molar-refractivity contribution in [3.8, 4) is 0 Å². The van der Waals surface area contributed by atoms with E-state index in [-0.39, 0.29) is 0 Å². The molecular formula is C21H26. The zero-order valence-corrected chi connectivity index (χ0v) is 13.9. The Balaban J connectivity index is 0.00000106. The summed E-state index contributed by atoms with van der Waals surface area (Å²) in [6.45, 7) is 10.5. The van der Waals surface area contributed by atoms with Gasteiger partial charge < -0.3 is 0 Å². The molecule has 0 fully saturated rings. The van der Waals surface area contributed by atoms with Gasteiger partial charge in [0.05, 0.1) is 0 Å². The summed E-state index contributed by atoms with van der Waals surface area (Å²) in [5.74, 6) is 0. The standard InChI is InChI=1S/C19H20.C2H6/c1-15(13-14-18-10-5-4-6-11-18)17(3)19-12-8-7-9-16(19)2;1-2/h4-14H,1-3H3;1-2H3/b14-13-,17-15+;. The van der Waals surface area contributed by atoms with Crippen molar-refractivity contribution in [3.63, 3.8) is 0 Å². The van der Waals surface area contributed by atoms with Crippen molar-refractivity contribution in [2.45, 2.75) is 34.6 Å². The average Bonchev–Trinajstić information content (AvgIpc) is 2.55. The molecule has 0 bridgehead atoms. The smallest absolute Gasteiger partial charge is 0.0195 e. The molecule has 0 heteroatoms. The summed E-state index contributed by atoms with van der Waals surface area (Å²) in [6, 6.07) is 18.9. The second-order valence-electron chi connectivity index (χ2n) is 4.87. The normalized spacial score (nSPS) is 11.7. The number of aryl methyl sites for hydroxylation is 1. The van der Waals surface area contributed by atoms with Crippen LogP contribution in [0.2, 0.25) is 0 Å². The second kappa shape index (κ2) is 8.97. The van der Waals surface area contributed by atoms with Crippen molar-refractivity contribution < 1.29 is 0 Å². The van der Waals surface area contributed by atoms with Crippen LogP contribution in [0.4, 0.5) is 0 Å². The zero-order valence-electron chi connectivity index (χ0n) is 13.9. The summed E-state index contributed by atoms with van der Waals surface area (Å²) in [7, 11) is 0. The monoisotopic (exact) mass is 278 g/mol. The van der Waals surface area contributed by atoms with Crippen LogP contribution in [0.5, 0.6) is 0 Å². The third kappa shape index (κ3) is 5.07. The first kappa shape index (κ1) is 17.0. The van der Waals surface area contributed by atoms with E-state index in [2.05, 4.69) is 81.5 Å². The predicted octanol–water partition coefficient (Wildman–Crippen LogP) is 6.53. The number of hydrogen-bond acceptors (Lipinski definition) is 0. The molecule has 0 nitrogen and oxygen atoms in total. The third-order valence-corrected chi connectivity index (χ3v) is 3.47. The summed E-state index contributed by atoms with van der Waals surface area (Å²) >= 11 is 0. The molecule has 0 aromatic heterocycles. The maximum absolute atomic E-state index is 2.19. The van der Waals surface area contributed by atoms with Crippen molar-refractivity contribution in [2.75, 3.05) is 0 Å². The van der Waals surface area contributed by atoms with Crippen LogP contribution in [-0.2, 0) is 0 Å². The molecule has 0 spiro atoms. The van der Waals surface area contributed by atoms with Crippen molar-refractivity contribution in [1.29, 1.82) is 0 Å². The minimum atomic E-state index is 1.24. The number of rotatable bonds is 3. The SMILES string of the molecule is CC.CC(/C=C\c1ccccc1)=C(/C)c1ccccc1C. The van der Waals surface area contributed by atoms with Gasteiger partial charge in [-0.1, -0.05) is 80.6 Å². The third-order valence-electron chi connectivity index (χ3n) is 3.47. The summed E-state index contributed by atoms with van der Waals surface area (Å²) in [5.41, 5.74) is 6.54. The van der Waals surface area contributed by atoms with Crippen LogP contribution in [0.1, 0.15) is 44.4 Å².